The van der Waals surface area contributed by atoms with Crippen molar-refractivity contribution in [1.29, 1.82) is 0 Å². The number of hydrogen-bond donors (Lipinski definition) is 1. The van der Waals surface area contributed by atoms with Crippen LogP contribution >= 0.6 is 0 Å². The van der Waals surface area contributed by atoms with Crippen LogP contribution in [0, 0.1) is 18.8 Å². The van der Waals surface area contributed by atoms with E-state index in [0.29, 0.717) is 11.7 Å². The smallest absolute Gasteiger partial charge is 0.243 e. The van der Waals surface area contributed by atoms with Crippen molar-refractivity contribution in [2.24, 2.45) is 11.8 Å². The minimum absolute atomic E-state index is 0.0743. The molecule has 0 aromatic carbocycles. The Kier molecular flexibility index (Phi) is 4.24. The van der Waals surface area contributed by atoms with Gasteiger partial charge in [0.15, 0.2) is 5.82 Å². The van der Waals surface area contributed by atoms with Gasteiger partial charge in [-0.05, 0) is 52.0 Å². The minimum Gasteiger partial charge on any atom is -0.356 e. The van der Waals surface area contributed by atoms with E-state index in [1.165, 1.54) is 12.8 Å². The van der Waals surface area contributed by atoms with Gasteiger partial charge >= 0.3 is 0 Å². The number of nitrogens with one attached hydrogen (secondary N) is 1. The first kappa shape index (κ1) is 14.5. The van der Waals surface area contributed by atoms with Crippen LogP contribution in [-0.4, -0.2) is 40.6 Å². The predicted molar refractivity (Wildman–Crippen MR) is 77.5 cm³/mol. The SMILES string of the molecule is Cc1noc([C@H](C)N2CCC[C@@H](C(=O)NCC3CC3)C2)n1. The normalized spacial score (nSPS) is 24.8. The number of carbonyl (C=O) groups is 1. The van der Waals surface area contributed by atoms with E-state index in [4.69, 9.17) is 4.52 Å². The summed E-state index contributed by atoms with van der Waals surface area (Å²) < 4.78 is 5.26. The molecule has 2 fully saturated rings. The van der Waals surface area contributed by atoms with E-state index in [9.17, 15) is 4.79 Å². The molecule has 6 nitrogen and oxygen atoms in total. The van der Waals surface area contributed by atoms with Crippen molar-refractivity contribution >= 4 is 5.91 Å². The number of carbonyl (C=O) groups excluding carboxylic acids is 1. The Morgan fingerprint density at radius 1 is 1.48 bits per heavy atom. The third-order valence-corrected chi connectivity index (χ3v) is 4.53. The van der Waals surface area contributed by atoms with Crippen LogP contribution in [0.2, 0.25) is 0 Å². The van der Waals surface area contributed by atoms with Gasteiger partial charge in [0.25, 0.3) is 0 Å². The Labute approximate surface area is 125 Å². The molecule has 6 heteroatoms. The monoisotopic (exact) mass is 292 g/mol. The van der Waals surface area contributed by atoms with Gasteiger partial charge in [-0.15, -0.1) is 0 Å². The van der Waals surface area contributed by atoms with E-state index in [-0.39, 0.29) is 17.9 Å². The molecule has 1 saturated heterocycles. The topological polar surface area (TPSA) is 71.3 Å². The lowest BCUT2D eigenvalue weighted by atomic mass is 9.96. The van der Waals surface area contributed by atoms with Crippen LogP contribution in [0.4, 0.5) is 0 Å². The summed E-state index contributed by atoms with van der Waals surface area (Å²) in [5, 5.41) is 6.95. The summed E-state index contributed by atoms with van der Waals surface area (Å²) in [5.74, 6) is 2.33. The second-order valence-corrected chi connectivity index (χ2v) is 6.38. The Balaban J connectivity index is 1.55. The first-order valence-corrected chi connectivity index (χ1v) is 7.95. The van der Waals surface area contributed by atoms with Crippen molar-refractivity contribution in [1.82, 2.24) is 20.4 Å². The number of piperidine rings is 1. The van der Waals surface area contributed by atoms with Gasteiger partial charge in [-0.1, -0.05) is 5.16 Å². The standard InChI is InChI=1S/C15H24N4O2/c1-10(15-17-11(2)18-21-15)19-7-3-4-13(9-19)14(20)16-8-12-5-6-12/h10,12-13H,3-9H2,1-2H3,(H,16,20)/t10-,13+/m0/s1. The zero-order chi connectivity index (χ0) is 14.8. The maximum absolute atomic E-state index is 12.2. The van der Waals surface area contributed by atoms with Crippen LogP contribution < -0.4 is 5.32 Å². The summed E-state index contributed by atoms with van der Waals surface area (Å²) in [6, 6.07) is 0.0743. The van der Waals surface area contributed by atoms with E-state index in [2.05, 4.69) is 27.3 Å². The van der Waals surface area contributed by atoms with Crippen LogP contribution in [0.15, 0.2) is 4.52 Å². The largest absolute Gasteiger partial charge is 0.356 e. The van der Waals surface area contributed by atoms with Gasteiger partial charge < -0.3 is 9.84 Å². The number of nitrogens with zero attached hydrogens (tertiary/aromatic N) is 3. The van der Waals surface area contributed by atoms with Crippen LogP contribution in [0.1, 0.15) is 50.4 Å². The highest BCUT2D eigenvalue weighted by Gasteiger charge is 2.31. The Hall–Kier alpha value is -1.43. The number of hydrogen-bond acceptors (Lipinski definition) is 5. The summed E-state index contributed by atoms with van der Waals surface area (Å²) >= 11 is 0. The quantitative estimate of drug-likeness (QED) is 0.894. The maximum atomic E-state index is 12.2. The van der Waals surface area contributed by atoms with Crippen LogP contribution in [-0.2, 0) is 4.79 Å². The molecule has 1 N–H and O–H groups in total. The van der Waals surface area contributed by atoms with E-state index >= 15 is 0 Å². The molecule has 0 bridgehead atoms. The van der Waals surface area contributed by atoms with Gasteiger partial charge in [0.05, 0.1) is 12.0 Å². The molecule has 1 aromatic heterocycles. The molecule has 1 aliphatic heterocycles. The summed E-state index contributed by atoms with van der Waals surface area (Å²) in [6.07, 6.45) is 4.55. The Morgan fingerprint density at radius 3 is 2.95 bits per heavy atom. The lowest BCUT2D eigenvalue weighted by Crippen LogP contribution is -2.44. The number of rotatable bonds is 5. The minimum atomic E-state index is 0.0743. The average Bonchev–Trinajstić information content (AvgIpc) is 3.24. The molecule has 1 saturated carbocycles. The molecule has 2 atom stereocenters. The number of aryl methyl sites for hydroxylation is 1. The highest BCUT2D eigenvalue weighted by atomic mass is 16.5. The first-order chi connectivity index (χ1) is 10.1. The third kappa shape index (κ3) is 3.61. The molecule has 1 amide bonds. The molecule has 2 heterocycles. The van der Waals surface area contributed by atoms with Crippen molar-refractivity contribution in [3.63, 3.8) is 0 Å². The van der Waals surface area contributed by atoms with E-state index in [1.807, 2.05) is 6.92 Å². The van der Waals surface area contributed by atoms with Gasteiger partial charge in [-0.2, -0.15) is 4.98 Å². The number of amides is 1. The van der Waals surface area contributed by atoms with Crippen molar-refractivity contribution < 1.29 is 9.32 Å². The average molecular weight is 292 g/mol. The van der Waals surface area contributed by atoms with Gasteiger partial charge in [0, 0.05) is 13.1 Å². The molecule has 0 unspecified atom stereocenters. The van der Waals surface area contributed by atoms with Crippen molar-refractivity contribution in [3.8, 4) is 0 Å². The molecule has 0 radical (unpaired) electrons. The highest BCUT2D eigenvalue weighted by Crippen LogP contribution is 2.28. The molecule has 116 valence electrons. The summed E-state index contributed by atoms with van der Waals surface area (Å²) in [5.41, 5.74) is 0. The highest BCUT2D eigenvalue weighted by molar-refractivity contribution is 5.79. The fourth-order valence-corrected chi connectivity index (χ4v) is 2.92. The zero-order valence-corrected chi connectivity index (χ0v) is 12.8. The molecular formula is C15H24N4O2. The lowest BCUT2D eigenvalue weighted by molar-refractivity contribution is -0.127. The zero-order valence-electron chi connectivity index (χ0n) is 12.8. The first-order valence-electron chi connectivity index (χ1n) is 7.95. The number of aromatic nitrogens is 2. The summed E-state index contributed by atoms with van der Waals surface area (Å²) in [4.78, 5) is 18.8. The molecule has 3 rings (SSSR count). The van der Waals surface area contributed by atoms with E-state index < -0.39 is 0 Å². The molecule has 2 aliphatic rings. The van der Waals surface area contributed by atoms with Crippen molar-refractivity contribution in [3.05, 3.63) is 11.7 Å². The second-order valence-electron chi connectivity index (χ2n) is 6.38. The Morgan fingerprint density at radius 2 is 2.29 bits per heavy atom. The Bertz CT molecular complexity index is 498. The third-order valence-electron chi connectivity index (χ3n) is 4.53. The van der Waals surface area contributed by atoms with Gasteiger partial charge in [0.1, 0.15) is 0 Å². The van der Waals surface area contributed by atoms with Crippen molar-refractivity contribution in [2.75, 3.05) is 19.6 Å². The molecule has 0 spiro atoms. The fraction of sp³-hybridized carbons (Fsp3) is 0.800. The molecule has 1 aromatic rings. The number of likely N-dealkylation sites (tertiary alicyclic amines) is 1. The van der Waals surface area contributed by atoms with Crippen LogP contribution in [0.5, 0.6) is 0 Å². The molecule has 21 heavy (non-hydrogen) atoms. The summed E-state index contributed by atoms with van der Waals surface area (Å²) in [6.45, 7) is 6.50. The van der Waals surface area contributed by atoms with E-state index in [0.717, 1.165) is 38.4 Å². The van der Waals surface area contributed by atoms with Crippen LogP contribution in [0.25, 0.3) is 0 Å². The lowest BCUT2D eigenvalue weighted by Gasteiger charge is -2.34. The van der Waals surface area contributed by atoms with Gasteiger partial charge in [-0.25, -0.2) is 0 Å². The fourth-order valence-electron chi connectivity index (χ4n) is 2.92. The van der Waals surface area contributed by atoms with E-state index in [1.54, 1.807) is 0 Å². The van der Waals surface area contributed by atoms with Crippen molar-refractivity contribution in [2.45, 2.75) is 45.6 Å². The second kappa shape index (κ2) is 6.13. The molecule has 1 aliphatic carbocycles. The molecular weight excluding hydrogens is 268 g/mol. The van der Waals surface area contributed by atoms with Gasteiger partial charge in [-0.3, -0.25) is 9.69 Å². The van der Waals surface area contributed by atoms with Crippen LogP contribution in [0.3, 0.4) is 0 Å². The maximum Gasteiger partial charge on any atom is 0.243 e. The van der Waals surface area contributed by atoms with Gasteiger partial charge in [0.2, 0.25) is 11.8 Å². The predicted octanol–water partition coefficient (Wildman–Crippen LogP) is 1.68. The summed E-state index contributed by atoms with van der Waals surface area (Å²) in [7, 11) is 0.